The number of aryl methyl sites for hydroxylation is 2. The van der Waals surface area contributed by atoms with E-state index in [1.165, 1.54) is 11.5 Å². The summed E-state index contributed by atoms with van der Waals surface area (Å²) in [6, 6.07) is 3.67. The molecule has 23 heavy (non-hydrogen) atoms. The summed E-state index contributed by atoms with van der Waals surface area (Å²) in [5.41, 5.74) is 1.65. The lowest BCUT2D eigenvalue weighted by Gasteiger charge is -2.16. The van der Waals surface area contributed by atoms with Crippen LogP contribution in [0.4, 0.5) is 0 Å². The zero-order chi connectivity index (χ0) is 16.2. The molecular formula is C15H19N5O2S. The highest BCUT2D eigenvalue weighted by Crippen LogP contribution is 2.21. The van der Waals surface area contributed by atoms with Crippen LogP contribution < -0.4 is 4.74 Å². The molecule has 1 fully saturated rings. The van der Waals surface area contributed by atoms with Crippen molar-refractivity contribution in [1.29, 1.82) is 0 Å². The number of hydrogen-bond acceptors (Lipinski definition) is 7. The third-order valence-electron chi connectivity index (χ3n) is 3.73. The molecule has 2 aromatic rings. The topological polar surface area (TPSA) is 81.1 Å². The molecule has 1 aliphatic rings. The fourth-order valence-corrected chi connectivity index (χ4v) is 3.22. The summed E-state index contributed by atoms with van der Waals surface area (Å²) in [6.07, 6.45) is 2.47. The maximum Gasteiger partial charge on any atom is 0.267 e. The predicted octanol–water partition coefficient (Wildman–Crippen LogP) is 1.88. The van der Waals surface area contributed by atoms with E-state index in [-0.39, 0.29) is 12.0 Å². The Morgan fingerprint density at radius 2 is 2.26 bits per heavy atom. The quantitative estimate of drug-likeness (QED) is 0.831. The Bertz CT molecular complexity index is 673. The highest BCUT2D eigenvalue weighted by molar-refractivity contribution is 7.08. The number of ether oxygens (including phenoxy) is 1. The number of nitrogens with zero attached hydrogens (tertiary/aromatic N) is 5. The molecule has 0 spiro atoms. The Morgan fingerprint density at radius 1 is 1.39 bits per heavy atom. The normalized spacial score (nSPS) is 17.5. The highest BCUT2D eigenvalue weighted by Gasteiger charge is 2.30. The molecular weight excluding hydrogens is 314 g/mol. The lowest BCUT2D eigenvalue weighted by atomic mass is 10.2. The second-order valence-corrected chi connectivity index (χ2v) is 6.35. The van der Waals surface area contributed by atoms with Gasteiger partial charge in [0, 0.05) is 19.0 Å². The van der Waals surface area contributed by atoms with Crippen LogP contribution in [0.15, 0.2) is 12.1 Å². The van der Waals surface area contributed by atoms with Gasteiger partial charge in [0.2, 0.25) is 5.88 Å². The average Bonchev–Trinajstić information content (AvgIpc) is 3.19. The highest BCUT2D eigenvalue weighted by atomic mass is 32.1. The molecule has 8 heteroatoms. The molecule has 3 heterocycles. The SMILES string of the molecule is CCCc1nnsc1C(=O)N1CCC(Oc2ccc(C)nn2)C1. The van der Waals surface area contributed by atoms with E-state index in [4.69, 9.17) is 4.74 Å². The summed E-state index contributed by atoms with van der Waals surface area (Å²) in [6.45, 7) is 5.17. The van der Waals surface area contributed by atoms with Crippen LogP contribution in [0.2, 0.25) is 0 Å². The maximum absolute atomic E-state index is 12.6. The molecule has 0 radical (unpaired) electrons. The molecule has 7 nitrogen and oxygen atoms in total. The van der Waals surface area contributed by atoms with E-state index in [1.54, 1.807) is 11.0 Å². The van der Waals surface area contributed by atoms with Crippen LogP contribution in [0, 0.1) is 6.92 Å². The van der Waals surface area contributed by atoms with Crippen molar-refractivity contribution in [3.8, 4) is 5.88 Å². The van der Waals surface area contributed by atoms with Gasteiger partial charge in [-0.15, -0.1) is 10.2 Å². The minimum absolute atomic E-state index is 0.00420. The number of rotatable bonds is 5. The Balaban J connectivity index is 1.61. The fourth-order valence-electron chi connectivity index (χ4n) is 2.54. The number of likely N-dealkylation sites (tertiary alicyclic amines) is 1. The first-order valence-electron chi connectivity index (χ1n) is 7.75. The standard InChI is InChI=1S/C15H19N5O2S/c1-3-4-12-14(23-19-17-12)15(21)20-8-7-11(9-20)22-13-6-5-10(2)16-18-13/h5-6,11H,3-4,7-9H2,1-2H3. The molecule has 122 valence electrons. The summed E-state index contributed by atoms with van der Waals surface area (Å²) < 4.78 is 9.73. The molecule has 2 aromatic heterocycles. The van der Waals surface area contributed by atoms with E-state index < -0.39 is 0 Å². The summed E-state index contributed by atoms with van der Waals surface area (Å²) >= 11 is 1.18. The van der Waals surface area contributed by atoms with Crippen LogP contribution in [0.3, 0.4) is 0 Å². The van der Waals surface area contributed by atoms with Gasteiger partial charge in [-0.3, -0.25) is 4.79 Å². The largest absolute Gasteiger partial charge is 0.471 e. The Hall–Kier alpha value is -2.09. The lowest BCUT2D eigenvalue weighted by Crippen LogP contribution is -2.31. The summed E-state index contributed by atoms with van der Waals surface area (Å²) in [5.74, 6) is 0.505. The average molecular weight is 333 g/mol. The summed E-state index contributed by atoms with van der Waals surface area (Å²) in [4.78, 5) is 15.1. The minimum atomic E-state index is -0.0496. The first-order valence-corrected chi connectivity index (χ1v) is 8.52. The number of amides is 1. The third-order valence-corrected chi connectivity index (χ3v) is 4.49. The van der Waals surface area contributed by atoms with Crippen LogP contribution in [-0.2, 0) is 6.42 Å². The van der Waals surface area contributed by atoms with Crippen molar-refractivity contribution in [2.24, 2.45) is 0 Å². The zero-order valence-electron chi connectivity index (χ0n) is 13.2. The fraction of sp³-hybridized carbons (Fsp3) is 0.533. The minimum Gasteiger partial charge on any atom is -0.471 e. The predicted molar refractivity (Wildman–Crippen MR) is 85.6 cm³/mol. The van der Waals surface area contributed by atoms with Crippen molar-refractivity contribution in [3.63, 3.8) is 0 Å². The molecule has 1 amide bonds. The number of carbonyl (C=O) groups is 1. The molecule has 1 aliphatic heterocycles. The molecule has 1 saturated heterocycles. The maximum atomic E-state index is 12.6. The monoisotopic (exact) mass is 333 g/mol. The number of carbonyl (C=O) groups excluding carboxylic acids is 1. The van der Waals surface area contributed by atoms with E-state index in [0.29, 0.717) is 23.8 Å². The van der Waals surface area contributed by atoms with Crippen molar-refractivity contribution < 1.29 is 9.53 Å². The van der Waals surface area contributed by atoms with E-state index >= 15 is 0 Å². The van der Waals surface area contributed by atoms with Crippen LogP contribution >= 0.6 is 11.5 Å². The molecule has 0 saturated carbocycles. The smallest absolute Gasteiger partial charge is 0.267 e. The van der Waals surface area contributed by atoms with E-state index in [0.717, 1.165) is 30.7 Å². The Labute approximate surface area is 138 Å². The molecule has 0 aliphatic carbocycles. The van der Waals surface area contributed by atoms with Gasteiger partial charge < -0.3 is 9.64 Å². The van der Waals surface area contributed by atoms with Gasteiger partial charge in [0.25, 0.3) is 5.91 Å². The first-order chi connectivity index (χ1) is 11.2. The molecule has 1 unspecified atom stereocenters. The van der Waals surface area contributed by atoms with Gasteiger partial charge in [-0.25, -0.2) is 0 Å². The van der Waals surface area contributed by atoms with Crippen LogP contribution in [-0.4, -0.2) is 49.8 Å². The third kappa shape index (κ3) is 3.64. The van der Waals surface area contributed by atoms with E-state index in [2.05, 4.69) is 26.7 Å². The molecule has 0 bridgehead atoms. The van der Waals surface area contributed by atoms with Gasteiger partial charge in [-0.1, -0.05) is 17.8 Å². The Morgan fingerprint density at radius 3 is 3.00 bits per heavy atom. The van der Waals surface area contributed by atoms with Crippen LogP contribution in [0.25, 0.3) is 0 Å². The van der Waals surface area contributed by atoms with Gasteiger partial charge in [-0.05, 0) is 30.9 Å². The molecule has 3 rings (SSSR count). The van der Waals surface area contributed by atoms with E-state index in [1.807, 2.05) is 13.0 Å². The molecule has 0 aromatic carbocycles. The number of hydrogen-bond donors (Lipinski definition) is 0. The molecule has 0 N–H and O–H groups in total. The van der Waals surface area contributed by atoms with Gasteiger partial charge in [-0.2, -0.15) is 5.10 Å². The first kappa shape index (κ1) is 15.8. The van der Waals surface area contributed by atoms with Crippen molar-refractivity contribution in [3.05, 3.63) is 28.4 Å². The Kier molecular flexibility index (Phi) is 4.80. The van der Waals surface area contributed by atoms with Crippen molar-refractivity contribution in [2.75, 3.05) is 13.1 Å². The summed E-state index contributed by atoms with van der Waals surface area (Å²) in [5, 5.41) is 12.0. The van der Waals surface area contributed by atoms with Gasteiger partial charge in [0.05, 0.1) is 17.9 Å². The van der Waals surface area contributed by atoms with E-state index in [9.17, 15) is 4.79 Å². The van der Waals surface area contributed by atoms with Gasteiger partial charge in [0.15, 0.2) is 0 Å². The van der Waals surface area contributed by atoms with Gasteiger partial charge >= 0.3 is 0 Å². The zero-order valence-corrected chi connectivity index (χ0v) is 14.0. The van der Waals surface area contributed by atoms with Crippen molar-refractivity contribution in [1.82, 2.24) is 24.7 Å². The molecule has 1 atom stereocenters. The summed E-state index contributed by atoms with van der Waals surface area (Å²) in [7, 11) is 0. The second-order valence-electron chi connectivity index (χ2n) is 5.59. The second kappa shape index (κ2) is 6.99. The van der Waals surface area contributed by atoms with Crippen LogP contribution in [0.1, 0.15) is 40.8 Å². The number of aromatic nitrogens is 4. The van der Waals surface area contributed by atoms with Crippen LogP contribution in [0.5, 0.6) is 5.88 Å². The van der Waals surface area contributed by atoms with Crippen molar-refractivity contribution >= 4 is 17.4 Å². The lowest BCUT2D eigenvalue weighted by molar-refractivity contribution is 0.0774. The van der Waals surface area contributed by atoms with Crippen molar-refractivity contribution in [2.45, 2.75) is 39.2 Å². The van der Waals surface area contributed by atoms with Gasteiger partial charge in [0.1, 0.15) is 11.0 Å².